The fourth-order valence-electron chi connectivity index (χ4n) is 4.24. The Morgan fingerprint density at radius 1 is 0.545 bits per heavy atom. The van der Waals surface area contributed by atoms with Crippen molar-refractivity contribution >= 4 is 74.4 Å². The predicted molar refractivity (Wildman–Crippen MR) is 149 cm³/mol. The van der Waals surface area contributed by atoms with Crippen LogP contribution in [0.25, 0.3) is 40.3 Å². The molecule has 0 fully saturated rings. The summed E-state index contributed by atoms with van der Waals surface area (Å²) in [7, 11) is 0. The number of hydrogen-bond donors (Lipinski definition) is 0. The van der Waals surface area contributed by atoms with Gasteiger partial charge >= 0.3 is 0 Å². The minimum absolute atomic E-state index is 0.826. The Labute approximate surface area is 208 Å². The molecule has 0 unspecified atom stereocenters. The van der Waals surface area contributed by atoms with E-state index >= 15 is 0 Å². The molecule has 33 heavy (non-hydrogen) atoms. The largest absolute Gasteiger partial charge is 0.381 e. The lowest BCUT2D eigenvalue weighted by atomic mass is 10.1. The fourth-order valence-corrected chi connectivity index (χ4v) is 7.67. The number of hydrogen-bond acceptors (Lipinski definition) is 5. The highest BCUT2D eigenvalue weighted by Crippen LogP contribution is 2.41. The van der Waals surface area contributed by atoms with Crippen molar-refractivity contribution in [1.82, 2.24) is 0 Å². The van der Waals surface area contributed by atoms with Gasteiger partial charge in [-0.3, -0.25) is 0 Å². The molecule has 5 rings (SSSR count). The molecule has 0 bridgehead atoms. The number of ether oxygens (including phenoxy) is 2. The first kappa shape index (κ1) is 23.3. The van der Waals surface area contributed by atoms with Gasteiger partial charge in [0.15, 0.2) is 0 Å². The van der Waals surface area contributed by atoms with E-state index in [-0.39, 0.29) is 0 Å². The molecule has 0 aliphatic carbocycles. The van der Waals surface area contributed by atoms with Gasteiger partial charge in [0.05, 0.1) is 13.2 Å². The molecule has 0 saturated heterocycles. The van der Waals surface area contributed by atoms with Crippen LogP contribution in [0.1, 0.15) is 49.3 Å². The van der Waals surface area contributed by atoms with Crippen molar-refractivity contribution in [2.24, 2.45) is 0 Å². The van der Waals surface area contributed by atoms with Crippen LogP contribution in [0.3, 0.4) is 0 Å². The Balaban J connectivity index is 1.37. The molecule has 3 heterocycles. The van der Waals surface area contributed by atoms with Crippen LogP contribution in [0, 0.1) is 0 Å². The quantitative estimate of drug-likeness (QED) is 0.160. The summed E-state index contributed by atoms with van der Waals surface area (Å²) in [6.45, 7) is 7.83. The van der Waals surface area contributed by atoms with Gasteiger partial charge in [0.25, 0.3) is 0 Å². The third-order valence-electron chi connectivity index (χ3n) is 6.12. The number of thiophene rings is 3. The summed E-state index contributed by atoms with van der Waals surface area (Å²) in [4.78, 5) is 2.85. The van der Waals surface area contributed by atoms with Crippen molar-refractivity contribution in [2.75, 3.05) is 26.4 Å². The molecule has 0 aliphatic heterocycles. The maximum Gasteiger partial charge on any atom is 0.0514 e. The summed E-state index contributed by atoms with van der Waals surface area (Å²) in [6, 6.07) is 14.3. The third-order valence-corrected chi connectivity index (χ3v) is 9.55. The Bertz CT molecular complexity index is 1260. The van der Waals surface area contributed by atoms with E-state index in [0.29, 0.717) is 0 Å². The van der Waals surface area contributed by atoms with Crippen LogP contribution < -0.4 is 0 Å². The maximum atomic E-state index is 5.78. The summed E-state index contributed by atoms with van der Waals surface area (Å²) >= 11 is 5.77. The number of rotatable bonds is 12. The highest BCUT2D eigenvalue weighted by molar-refractivity contribution is 7.27. The van der Waals surface area contributed by atoms with E-state index in [9.17, 15) is 0 Å². The van der Waals surface area contributed by atoms with Gasteiger partial charge in [-0.1, -0.05) is 26.7 Å². The van der Waals surface area contributed by atoms with Crippen molar-refractivity contribution in [3.05, 3.63) is 46.2 Å². The topological polar surface area (TPSA) is 18.5 Å². The SMILES string of the molecule is CCCCOCCc1cc2cc3c(cc2s1)sc1cc2sc(CCOCCCC)cc2cc13. The lowest BCUT2D eigenvalue weighted by molar-refractivity contribution is 0.134. The van der Waals surface area contributed by atoms with Gasteiger partial charge in [0, 0.05) is 65.4 Å². The van der Waals surface area contributed by atoms with E-state index in [1.165, 1.54) is 62.9 Å². The van der Waals surface area contributed by atoms with Gasteiger partial charge in [-0.15, -0.1) is 34.0 Å². The highest BCUT2D eigenvalue weighted by atomic mass is 32.1. The number of fused-ring (bicyclic) bond motifs is 5. The number of benzene rings is 2. The maximum absolute atomic E-state index is 5.78. The molecule has 5 heteroatoms. The summed E-state index contributed by atoms with van der Waals surface area (Å²) in [6.07, 6.45) is 6.72. The predicted octanol–water partition coefficient (Wildman–Crippen LogP) is 9.20. The molecule has 5 aromatic rings. The van der Waals surface area contributed by atoms with Gasteiger partial charge in [0.2, 0.25) is 0 Å². The third kappa shape index (κ3) is 5.28. The molecule has 174 valence electrons. The molecule has 0 saturated carbocycles. The molecule has 3 aromatic heterocycles. The summed E-state index contributed by atoms with van der Waals surface area (Å²) < 4.78 is 17.1. The Morgan fingerprint density at radius 3 is 1.48 bits per heavy atom. The molecule has 0 amide bonds. The average Bonchev–Trinajstić information content (AvgIpc) is 3.49. The van der Waals surface area contributed by atoms with Gasteiger partial charge in [-0.25, -0.2) is 0 Å². The second-order valence-electron chi connectivity index (χ2n) is 8.73. The minimum Gasteiger partial charge on any atom is -0.381 e. The first-order valence-electron chi connectivity index (χ1n) is 12.2. The van der Waals surface area contributed by atoms with Crippen molar-refractivity contribution in [3.8, 4) is 0 Å². The van der Waals surface area contributed by atoms with Crippen LogP contribution >= 0.6 is 34.0 Å². The Morgan fingerprint density at radius 2 is 1.03 bits per heavy atom. The normalized spacial score (nSPS) is 12.2. The molecule has 0 N–H and O–H groups in total. The summed E-state index contributed by atoms with van der Waals surface area (Å²) in [5.74, 6) is 0. The minimum atomic E-state index is 0.826. The van der Waals surface area contributed by atoms with Crippen molar-refractivity contribution in [2.45, 2.75) is 52.4 Å². The standard InChI is InChI=1S/C28H32O2S3/c1-3-5-9-29-11-7-21-13-19-15-23-24-16-20-14-22(8-12-30-10-6-4-2)32-26(20)18-28(24)33-27(23)17-25(19)31-21/h13-18H,3-12H2,1-2H3. The molecule has 2 nitrogen and oxygen atoms in total. The van der Waals surface area contributed by atoms with E-state index in [4.69, 9.17) is 9.47 Å². The first-order valence-corrected chi connectivity index (χ1v) is 14.7. The molecular formula is C28H32O2S3. The van der Waals surface area contributed by atoms with Crippen molar-refractivity contribution in [3.63, 3.8) is 0 Å². The monoisotopic (exact) mass is 496 g/mol. The van der Waals surface area contributed by atoms with Crippen LogP contribution in [-0.4, -0.2) is 26.4 Å². The van der Waals surface area contributed by atoms with Crippen molar-refractivity contribution in [1.29, 1.82) is 0 Å². The molecule has 0 spiro atoms. The van der Waals surface area contributed by atoms with Crippen LogP contribution in [0.15, 0.2) is 36.4 Å². The highest BCUT2D eigenvalue weighted by Gasteiger charge is 2.12. The first-order chi connectivity index (χ1) is 16.2. The summed E-state index contributed by atoms with van der Waals surface area (Å²) in [5, 5.41) is 5.52. The average molecular weight is 497 g/mol. The Hall–Kier alpha value is -1.50. The Kier molecular flexibility index (Phi) is 7.63. The van der Waals surface area contributed by atoms with E-state index in [2.05, 4.69) is 50.2 Å². The number of unbranched alkanes of at least 4 members (excludes halogenated alkanes) is 2. The lowest BCUT2D eigenvalue weighted by Gasteiger charge is -2.00. The van der Waals surface area contributed by atoms with Crippen molar-refractivity contribution < 1.29 is 9.47 Å². The van der Waals surface area contributed by atoms with Gasteiger partial charge in [-0.2, -0.15) is 0 Å². The molecular weight excluding hydrogens is 465 g/mol. The molecule has 0 atom stereocenters. The van der Waals surface area contributed by atoms with Gasteiger partial charge < -0.3 is 9.47 Å². The van der Waals surface area contributed by atoms with Crippen LogP contribution in [-0.2, 0) is 22.3 Å². The van der Waals surface area contributed by atoms with Gasteiger partial charge in [0.1, 0.15) is 0 Å². The van der Waals surface area contributed by atoms with E-state index in [0.717, 1.165) is 52.1 Å². The van der Waals surface area contributed by atoms with E-state index < -0.39 is 0 Å². The molecule has 2 aromatic carbocycles. The van der Waals surface area contributed by atoms with Crippen LogP contribution in [0.2, 0.25) is 0 Å². The molecule has 0 radical (unpaired) electrons. The zero-order valence-corrected chi connectivity index (χ0v) is 22.0. The fraction of sp³-hybridized carbons (Fsp3) is 0.429. The van der Waals surface area contributed by atoms with Gasteiger partial charge in [-0.05, 0) is 60.0 Å². The van der Waals surface area contributed by atoms with Crippen LogP contribution in [0.4, 0.5) is 0 Å². The lowest BCUT2D eigenvalue weighted by Crippen LogP contribution is -1.98. The van der Waals surface area contributed by atoms with E-state index in [1.54, 1.807) is 0 Å². The van der Waals surface area contributed by atoms with Crippen LogP contribution in [0.5, 0.6) is 0 Å². The zero-order chi connectivity index (χ0) is 22.6. The zero-order valence-electron chi connectivity index (χ0n) is 19.6. The molecule has 0 aliphatic rings. The smallest absolute Gasteiger partial charge is 0.0514 e. The second kappa shape index (κ2) is 10.8. The second-order valence-corrected chi connectivity index (χ2v) is 12.2. The summed E-state index contributed by atoms with van der Waals surface area (Å²) in [5.41, 5.74) is 0. The van der Waals surface area contributed by atoms with E-state index in [1.807, 2.05) is 34.0 Å².